The molecule has 0 bridgehead atoms. The van der Waals surface area contributed by atoms with Crippen molar-refractivity contribution < 1.29 is 18.3 Å². The minimum atomic E-state index is -4.43. The first-order valence-corrected chi connectivity index (χ1v) is 12.7. The Morgan fingerprint density at radius 1 is 0.784 bits per heavy atom. The van der Waals surface area contributed by atoms with Crippen LogP contribution in [0.1, 0.15) is 16.7 Å². The maximum absolute atomic E-state index is 13.1. The zero-order valence-electron chi connectivity index (χ0n) is 19.3. The second kappa shape index (κ2) is 11.9. The Morgan fingerprint density at radius 2 is 1.46 bits per heavy atom. The number of hydrogen-bond acceptors (Lipinski definition) is 3. The Labute approximate surface area is 227 Å². The van der Waals surface area contributed by atoms with Gasteiger partial charge >= 0.3 is 6.18 Å². The average Bonchev–Trinajstić information content (AvgIpc) is 2.86. The van der Waals surface area contributed by atoms with Crippen molar-refractivity contribution in [2.24, 2.45) is 4.99 Å². The summed E-state index contributed by atoms with van der Waals surface area (Å²) in [6, 6.07) is 26.5. The number of hydrogen-bond donors (Lipinski definition) is 1. The van der Waals surface area contributed by atoms with E-state index < -0.39 is 11.7 Å². The summed E-state index contributed by atoms with van der Waals surface area (Å²) in [5.41, 5.74) is 1.33. The quantitative estimate of drug-likeness (QED) is 0.145. The fourth-order valence-electron chi connectivity index (χ4n) is 3.51. The number of benzene rings is 4. The molecule has 4 rings (SSSR count). The summed E-state index contributed by atoms with van der Waals surface area (Å²) < 4.78 is 39.3. The first kappa shape index (κ1) is 26.9. The van der Waals surface area contributed by atoms with Crippen LogP contribution in [-0.2, 0) is 19.3 Å². The van der Waals surface area contributed by atoms with Gasteiger partial charge in [0, 0.05) is 18.0 Å². The van der Waals surface area contributed by atoms with E-state index in [4.69, 9.17) is 28.2 Å². The summed E-state index contributed by atoms with van der Waals surface area (Å²) in [5, 5.41) is 11.4. The average molecular weight is 561 g/mol. The molecule has 0 aromatic heterocycles. The predicted molar refractivity (Wildman–Crippen MR) is 145 cm³/mol. The molecule has 9 heteroatoms. The van der Waals surface area contributed by atoms with Crippen LogP contribution in [0.4, 0.5) is 18.9 Å². The summed E-state index contributed by atoms with van der Waals surface area (Å²) in [5.74, 6) is 0.129. The topological polar surface area (TPSA) is 35.8 Å². The standard InChI is InChI=1S/C28H21Cl2F3N2OS/c29-25-14-9-20(16-26(25)30)18-35(17-19-5-4-6-23(36)15-19)27(37-24-7-2-1-3-8-24)34-22-12-10-21(11-13-22)28(31,32)33/h1-16,36H,17-18H2. The Hall–Kier alpha value is -3.13. The highest BCUT2D eigenvalue weighted by atomic mass is 35.5. The highest BCUT2D eigenvalue weighted by Crippen LogP contribution is 2.32. The molecule has 37 heavy (non-hydrogen) atoms. The molecular weight excluding hydrogens is 540 g/mol. The van der Waals surface area contributed by atoms with E-state index in [0.717, 1.165) is 28.2 Å². The Balaban J connectivity index is 1.76. The van der Waals surface area contributed by atoms with Gasteiger partial charge in [-0.3, -0.25) is 0 Å². The second-order valence-electron chi connectivity index (χ2n) is 8.13. The first-order valence-electron chi connectivity index (χ1n) is 11.1. The van der Waals surface area contributed by atoms with E-state index in [1.165, 1.54) is 23.9 Å². The third-order valence-corrected chi connectivity index (χ3v) is 7.06. The first-order chi connectivity index (χ1) is 17.7. The molecule has 0 fully saturated rings. The molecule has 0 atom stereocenters. The second-order valence-corrected chi connectivity index (χ2v) is 9.98. The van der Waals surface area contributed by atoms with Gasteiger partial charge in [-0.1, -0.05) is 71.4 Å². The van der Waals surface area contributed by atoms with Gasteiger partial charge in [0.25, 0.3) is 0 Å². The maximum Gasteiger partial charge on any atom is 0.416 e. The third-order valence-electron chi connectivity index (χ3n) is 5.28. The Kier molecular flexibility index (Phi) is 8.69. The number of phenols is 1. The Bertz CT molecular complexity index is 1380. The SMILES string of the molecule is Oc1cccc(CN(Cc2ccc(Cl)c(Cl)c2)C(=Nc2ccc(C(F)(F)F)cc2)Sc2ccccc2)c1. The van der Waals surface area contributed by atoms with E-state index in [1.807, 2.05) is 47.4 Å². The summed E-state index contributed by atoms with van der Waals surface area (Å²) in [6.45, 7) is 0.750. The van der Waals surface area contributed by atoms with Crippen LogP contribution in [0, 0.1) is 0 Å². The fraction of sp³-hybridized carbons (Fsp3) is 0.107. The number of thioether (sulfide) groups is 1. The number of rotatable bonds is 6. The van der Waals surface area contributed by atoms with Crippen LogP contribution in [-0.4, -0.2) is 15.2 Å². The predicted octanol–water partition coefficient (Wildman–Crippen LogP) is 9.20. The van der Waals surface area contributed by atoms with Gasteiger partial charge in [0.2, 0.25) is 0 Å². The van der Waals surface area contributed by atoms with Gasteiger partial charge in [0.05, 0.1) is 21.3 Å². The molecule has 4 aromatic rings. The van der Waals surface area contributed by atoms with E-state index in [1.54, 1.807) is 30.3 Å². The molecule has 0 aliphatic heterocycles. The highest BCUT2D eigenvalue weighted by molar-refractivity contribution is 8.13. The van der Waals surface area contributed by atoms with Crippen LogP contribution in [0.25, 0.3) is 0 Å². The maximum atomic E-state index is 13.1. The van der Waals surface area contributed by atoms with Gasteiger partial charge in [-0.2, -0.15) is 13.2 Å². The van der Waals surface area contributed by atoms with Crippen LogP contribution in [0.15, 0.2) is 107 Å². The third kappa shape index (κ3) is 7.68. The monoisotopic (exact) mass is 560 g/mol. The number of amidine groups is 1. The summed E-state index contributed by atoms with van der Waals surface area (Å²) >= 11 is 13.7. The molecule has 4 aromatic carbocycles. The van der Waals surface area contributed by atoms with Crippen LogP contribution in [0.2, 0.25) is 10.0 Å². The minimum Gasteiger partial charge on any atom is -0.508 e. The number of halogens is 5. The molecule has 0 spiro atoms. The molecule has 0 saturated heterocycles. The fourth-order valence-corrected chi connectivity index (χ4v) is 4.75. The van der Waals surface area contributed by atoms with Crippen molar-refractivity contribution in [1.82, 2.24) is 4.90 Å². The lowest BCUT2D eigenvalue weighted by Crippen LogP contribution is -2.28. The molecule has 0 amide bonds. The molecule has 0 saturated carbocycles. The van der Waals surface area contributed by atoms with Crippen molar-refractivity contribution in [3.05, 3.63) is 124 Å². The van der Waals surface area contributed by atoms with Crippen LogP contribution < -0.4 is 0 Å². The number of aromatic hydroxyl groups is 1. The van der Waals surface area contributed by atoms with Crippen molar-refractivity contribution in [3.63, 3.8) is 0 Å². The molecule has 1 N–H and O–H groups in total. The number of phenolic OH excluding ortho intramolecular Hbond substituents is 1. The van der Waals surface area contributed by atoms with Crippen LogP contribution in [0.5, 0.6) is 5.75 Å². The Morgan fingerprint density at radius 3 is 2.08 bits per heavy atom. The van der Waals surface area contributed by atoms with Crippen molar-refractivity contribution >= 4 is 45.8 Å². The molecule has 0 radical (unpaired) electrons. The molecule has 0 unspecified atom stereocenters. The highest BCUT2D eigenvalue weighted by Gasteiger charge is 2.30. The van der Waals surface area contributed by atoms with Gasteiger partial charge in [0.15, 0.2) is 5.17 Å². The van der Waals surface area contributed by atoms with Crippen LogP contribution in [0.3, 0.4) is 0 Å². The normalized spacial score (nSPS) is 12.0. The molecule has 190 valence electrons. The lowest BCUT2D eigenvalue weighted by molar-refractivity contribution is -0.137. The van der Waals surface area contributed by atoms with Gasteiger partial charge in [0.1, 0.15) is 5.75 Å². The zero-order chi connectivity index (χ0) is 26.4. The van der Waals surface area contributed by atoms with E-state index in [0.29, 0.717) is 34.0 Å². The summed E-state index contributed by atoms with van der Waals surface area (Å²) in [6.07, 6.45) is -4.43. The smallest absolute Gasteiger partial charge is 0.416 e. The number of nitrogens with zero attached hydrogens (tertiary/aromatic N) is 2. The van der Waals surface area contributed by atoms with E-state index in [9.17, 15) is 18.3 Å². The number of alkyl halides is 3. The van der Waals surface area contributed by atoms with Crippen LogP contribution >= 0.6 is 35.0 Å². The van der Waals surface area contributed by atoms with Crippen molar-refractivity contribution in [2.75, 3.05) is 0 Å². The summed E-state index contributed by atoms with van der Waals surface area (Å²) in [4.78, 5) is 7.63. The molecule has 0 aliphatic rings. The van der Waals surface area contributed by atoms with E-state index in [-0.39, 0.29) is 5.75 Å². The van der Waals surface area contributed by atoms with Crippen molar-refractivity contribution in [1.29, 1.82) is 0 Å². The number of aliphatic imine (C=N–C) groups is 1. The lowest BCUT2D eigenvalue weighted by atomic mass is 10.1. The van der Waals surface area contributed by atoms with Gasteiger partial charge in [-0.05, 0) is 71.8 Å². The minimum absolute atomic E-state index is 0.129. The zero-order valence-corrected chi connectivity index (χ0v) is 21.6. The van der Waals surface area contributed by atoms with Gasteiger partial charge in [-0.15, -0.1) is 0 Å². The largest absolute Gasteiger partial charge is 0.508 e. The molecule has 3 nitrogen and oxygen atoms in total. The molecule has 0 aliphatic carbocycles. The van der Waals surface area contributed by atoms with E-state index >= 15 is 0 Å². The summed E-state index contributed by atoms with van der Waals surface area (Å²) in [7, 11) is 0. The molecule has 0 heterocycles. The van der Waals surface area contributed by atoms with Crippen molar-refractivity contribution in [2.45, 2.75) is 24.2 Å². The lowest BCUT2D eigenvalue weighted by Gasteiger charge is -2.26. The van der Waals surface area contributed by atoms with Gasteiger partial charge in [-0.25, -0.2) is 4.99 Å². The molecular formula is C28H21Cl2F3N2OS. The van der Waals surface area contributed by atoms with E-state index in [2.05, 4.69) is 0 Å². The van der Waals surface area contributed by atoms with Crippen molar-refractivity contribution in [3.8, 4) is 5.75 Å². The van der Waals surface area contributed by atoms with Gasteiger partial charge < -0.3 is 10.0 Å².